The molecule has 1 heterocycles. The summed E-state index contributed by atoms with van der Waals surface area (Å²) in [6, 6.07) is 5.18. The molecule has 0 aliphatic rings. The van der Waals surface area contributed by atoms with Crippen LogP contribution < -0.4 is 16.0 Å². The van der Waals surface area contributed by atoms with Gasteiger partial charge in [-0.15, -0.1) is 0 Å². The van der Waals surface area contributed by atoms with Crippen LogP contribution in [0.5, 0.6) is 0 Å². The number of nitrogens with one attached hydrogen (secondary N) is 3. The summed E-state index contributed by atoms with van der Waals surface area (Å²) >= 11 is 0. The van der Waals surface area contributed by atoms with Gasteiger partial charge in [0.05, 0.1) is 0 Å². The molecule has 2 aromatic rings. The lowest BCUT2D eigenvalue weighted by Gasteiger charge is -2.08. The maximum Gasteiger partial charge on any atom is 0.325 e. The zero-order chi connectivity index (χ0) is 14.9. The van der Waals surface area contributed by atoms with Gasteiger partial charge in [0, 0.05) is 11.9 Å². The van der Waals surface area contributed by atoms with Crippen molar-refractivity contribution in [1.29, 1.82) is 0 Å². The van der Waals surface area contributed by atoms with Crippen molar-refractivity contribution in [3.8, 4) is 0 Å². The van der Waals surface area contributed by atoms with E-state index in [-0.39, 0.29) is 0 Å². The summed E-state index contributed by atoms with van der Waals surface area (Å²) < 4.78 is 26.5. The normalized spacial score (nSPS) is 11.3. The monoisotopic (exact) mass is 295 g/mol. The molecule has 0 saturated heterocycles. The molecule has 0 atom stereocenters. The van der Waals surface area contributed by atoms with Crippen LogP contribution in [0, 0.1) is 13.8 Å². The average Bonchev–Trinajstić information content (AvgIpc) is 2.25. The quantitative estimate of drug-likeness (QED) is 0.764. The molecule has 0 aliphatic heterocycles. The van der Waals surface area contributed by atoms with Gasteiger partial charge in [0.15, 0.2) is 4.90 Å². The number of benzene rings is 1. The minimum absolute atomic E-state index is 0.355. The van der Waals surface area contributed by atoms with Gasteiger partial charge in [-0.1, -0.05) is 6.07 Å². The number of anilines is 1. The fraction of sp³-hybridized carbons (Fsp3) is 0.167. The van der Waals surface area contributed by atoms with E-state index in [4.69, 9.17) is 0 Å². The summed E-state index contributed by atoms with van der Waals surface area (Å²) in [6.45, 7) is 3.66. The third kappa shape index (κ3) is 2.97. The van der Waals surface area contributed by atoms with Crippen molar-refractivity contribution in [2.75, 3.05) is 4.72 Å². The Morgan fingerprint density at radius 2 is 1.65 bits per heavy atom. The maximum absolute atomic E-state index is 12.1. The summed E-state index contributed by atoms with van der Waals surface area (Å²) in [5.74, 6) is 0. The average molecular weight is 295 g/mol. The van der Waals surface area contributed by atoms with Gasteiger partial charge < -0.3 is 4.98 Å². The van der Waals surface area contributed by atoms with Crippen LogP contribution in [0.1, 0.15) is 11.1 Å². The van der Waals surface area contributed by atoms with Crippen LogP contribution in [0.2, 0.25) is 0 Å². The van der Waals surface area contributed by atoms with Gasteiger partial charge in [0.2, 0.25) is 0 Å². The number of H-pyrrole nitrogens is 2. The molecule has 20 heavy (non-hydrogen) atoms. The van der Waals surface area contributed by atoms with Crippen LogP contribution in [-0.4, -0.2) is 18.4 Å². The highest BCUT2D eigenvalue weighted by molar-refractivity contribution is 7.92. The molecular formula is C12H13N3O4S. The second kappa shape index (κ2) is 4.97. The third-order valence-corrected chi connectivity index (χ3v) is 3.94. The molecule has 0 aliphatic carbocycles. The van der Waals surface area contributed by atoms with Crippen molar-refractivity contribution >= 4 is 15.7 Å². The van der Waals surface area contributed by atoms with E-state index in [0.29, 0.717) is 5.69 Å². The summed E-state index contributed by atoms with van der Waals surface area (Å²) in [5, 5.41) is 0. The highest BCUT2D eigenvalue weighted by atomic mass is 32.2. The molecule has 0 spiro atoms. The molecule has 1 aromatic heterocycles. The van der Waals surface area contributed by atoms with Crippen molar-refractivity contribution in [1.82, 2.24) is 9.97 Å². The first kappa shape index (κ1) is 14.1. The summed E-state index contributed by atoms with van der Waals surface area (Å²) in [7, 11) is -4.06. The van der Waals surface area contributed by atoms with Gasteiger partial charge >= 0.3 is 5.69 Å². The molecule has 0 amide bonds. The number of aromatic amines is 2. The number of hydrogen-bond acceptors (Lipinski definition) is 4. The fourth-order valence-electron chi connectivity index (χ4n) is 1.84. The smallest absolute Gasteiger partial charge is 0.313 e. The largest absolute Gasteiger partial charge is 0.325 e. The van der Waals surface area contributed by atoms with Gasteiger partial charge in [-0.3, -0.25) is 14.5 Å². The van der Waals surface area contributed by atoms with E-state index >= 15 is 0 Å². The lowest BCUT2D eigenvalue weighted by atomic mass is 10.1. The minimum Gasteiger partial charge on any atom is -0.313 e. The molecule has 0 radical (unpaired) electrons. The Morgan fingerprint density at radius 1 is 1.05 bits per heavy atom. The Bertz CT molecular complexity index is 845. The predicted molar refractivity (Wildman–Crippen MR) is 74.4 cm³/mol. The number of sulfonamides is 1. The lowest BCUT2D eigenvalue weighted by molar-refractivity contribution is 0.599. The highest BCUT2D eigenvalue weighted by Gasteiger charge is 2.19. The van der Waals surface area contributed by atoms with E-state index in [9.17, 15) is 18.0 Å². The molecule has 106 valence electrons. The predicted octanol–water partition coefficient (Wildman–Crippen LogP) is 0.481. The van der Waals surface area contributed by atoms with Gasteiger partial charge in [-0.25, -0.2) is 13.2 Å². The zero-order valence-electron chi connectivity index (χ0n) is 10.9. The standard InChI is InChI=1S/C12H13N3O4S/c1-7-3-8(2)5-9(4-7)15-20(18,19)10-6-13-12(17)14-11(10)16/h3-6,15H,1-2H3,(H2,13,14,16,17). The topological polar surface area (TPSA) is 112 Å². The van der Waals surface area contributed by atoms with E-state index < -0.39 is 26.2 Å². The number of aromatic nitrogens is 2. The first-order chi connectivity index (χ1) is 9.28. The first-order valence-corrected chi connectivity index (χ1v) is 7.19. The Labute approximate surface area is 114 Å². The van der Waals surface area contributed by atoms with E-state index in [1.54, 1.807) is 12.1 Å². The first-order valence-electron chi connectivity index (χ1n) is 5.71. The Morgan fingerprint density at radius 3 is 2.20 bits per heavy atom. The molecule has 1 aromatic carbocycles. The molecular weight excluding hydrogens is 282 g/mol. The Balaban J connectivity index is 2.46. The van der Waals surface area contributed by atoms with Crippen LogP contribution >= 0.6 is 0 Å². The summed E-state index contributed by atoms with van der Waals surface area (Å²) in [6.07, 6.45) is 0.867. The van der Waals surface area contributed by atoms with Gasteiger partial charge in [-0.2, -0.15) is 0 Å². The molecule has 2 rings (SSSR count). The van der Waals surface area contributed by atoms with E-state index in [2.05, 4.69) is 9.71 Å². The van der Waals surface area contributed by atoms with E-state index in [1.165, 1.54) is 0 Å². The second-order valence-corrected chi connectivity index (χ2v) is 6.07. The molecule has 7 nitrogen and oxygen atoms in total. The van der Waals surface area contributed by atoms with E-state index in [1.807, 2.05) is 24.9 Å². The maximum atomic E-state index is 12.1. The van der Waals surface area contributed by atoms with Crippen LogP contribution in [0.3, 0.4) is 0 Å². The molecule has 3 N–H and O–H groups in total. The molecule has 0 unspecified atom stereocenters. The van der Waals surface area contributed by atoms with Crippen LogP contribution in [0.4, 0.5) is 5.69 Å². The van der Waals surface area contributed by atoms with Crippen LogP contribution in [-0.2, 0) is 10.0 Å². The van der Waals surface area contributed by atoms with Crippen molar-refractivity contribution in [2.45, 2.75) is 18.7 Å². The third-order valence-electron chi connectivity index (χ3n) is 2.55. The number of rotatable bonds is 3. The SMILES string of the molecule is Cc1cc(C)cc(NS(=O)(=O)c2c[nH]c(=O)[nH]c2=O)c1. The zero-order valence-corrected chi connectivity index (χ0v) is 11.7. The van der Waals surface area contributed by atoms with Crippen molar-refractivity contribution in [3.63, 3.8) is 0 Å². The molecule has 0 bridgehead atoms. The number of aryl methyl sites for hydroxylation is 2. The minimum atomic E-state index is -4.06. The Kier molecular flexibility index (Phi) is 3.49. The van der Waals surface area contributed by atoms with Crippen molar-refractivity contribution in [3.05, 3.63) is 56.4 Å². The lowest BCUT2D eigenvalue weighted by Crippen LogP contribution is -2.29. The van der Waals surface area contributed by atoms with Gasteiger partial charge in [0.1, 0.15) is 0 Å². The number of hydrogen-bond donors (Lipinski definition) is 3. The summed E-state index contributed by atoms with van der Waals surface area (Å²) in [5.41, 5.74) is 0.398. The molecule has 0 saturated carbocycles. The van der Waals surface area contributed by atoms with Gasteiger partial charge in [0.25, 0.3) is 15.6 Å². The second-order valence-electron chi connectivity index (χ2n) is 4.42. The fourth-order valence-corrected chi connectivity index (χ4v) is 2.89. The van der Waals surface area contributed by atoms with E-state index in [0.717, 1.165) is 17.3 Å². The van der Waals surface area contributed by atoms with Crippen molar-refractivity contribution < 1.29 is 8.42 Å². The molecule has 0 fully saturated rings. The Hall–Kier alpha value is -2.35. The molecule has 8 heteroatoms. The van der Waals surface area contributed by atoms with Crippen LogP contribution in [0.15, 0.2) is 38.9 Å². The van der Waals surface area contributed by atoms with Gasteiger partial charge in [-0.05, 0) is 37.1 Å². The van der Waals surface area contributed by atoms with Crippen molar-refractivity contribution in [2.24, 2.45) is 0 Å². The summed E-state index contributed by atoms with van der Waals surface area (Å²) in [4.78, 5) is 25.9. The van der Waals surface area contributed by atoms with Crippen LogP contribution in [0.25, 0.3) is 0 Å². The highest BCUT2D eigenvalue weighted by Crippen LogP contribution is 2.16.